The van der Waals surface area contributed by atoms with E-state index in [1.165, 1.54) is 31.4 Å². The van der Waals surface area contributed by atoms with Gasteiger partial charge < -0.3 is 14.9 Å². The summed E-state index contributed by atoms with van der Waals surface area (Å²) in [6, 6.07) is 4.11. The first-order valence-corrected chi connectivity index (χ1v) is 7.55. The molecule has 0 fully saturated rings. The van der Waals surface area contributed by atoms with E-state index in [-0.39, 0.29) is 23.6 Å². The Balaban J connectivity index is 3.11. The van der Waals surface area contributed by atoms with E-state index in [1.54, 1.807) is 0 Å². The van der Waals surface area contributed by atoms with Crippen molar-refractivity contribution in [3.8, 4) is 5.75 Å². The molecule has 0 aliphatic carbocycles. The zero-order chi connectivity index (χ0) is 16.8. The Morgan fingerprint density at radius 2 is 2.00 bits per heavy atom. The molecule has 8 nitrogen and oxygen atoms in total. The van der Waals surface area contributed by atoms with Crippen molar-refractivity contribution in [2.24, 2.45) is 0 Å². The lowest BCUT2D eigenvalue weighted by atomic mass is 10.2. The van der Waals surface area contributed by atoms with Crippen LogP contribution < -0.4 is 9.46 Å². The monoisotopic (exact) mass is 329 g/mol. The quantitative estimate of drug-likeness (QED) is 0.594. The molecule has 0 atom stereocenters. The Hall–Kier alpha value is -2.39. The molecular formula is C13H15NO7S. The van der Waals surface area contributed by atoms with Gasteiger partial charge in [0.15, 0.2) is 0 Å². The fraction of sp³-hybridized carbons (Fsp3) is 0.231. The van der Waals surface area contributed by atoms with Gasteiger partial charge in [0.25, 0.3) is 0 Å². The molecule has 0 aromatic heterocycles. The average Bonchev–Trinajstić information content (AvgIpc) is 2.44. The topological polar surface area (TPSA) is 130 Å². The van der Waals surface area contributed by atoms with Crippen molar-refractivity contribution in [3.05, 3.63) is 29.8 Å². The fourth-order valence-corrected chi connectivity index (χ4v) is 2.78. The third kappa shape index (κ3) is 5.19. The van der Waals surface area contributed by atoms with Crippen LogP contribution in [0.2, 0.25) is 0 Å². The van der Waals surface area contributed by atoms with Gasteiger partial charge in [-0.3, -0.25) is 4.79 Å². The predicted molar refractivity (Wildman–Crippen MR) is 77.1 cm³/mol. The van der Waals surface area contributed by atoms with Crippen LogP contribution in [0, 0.1) is 0 Å². The summed E-state index contributed by atoms with van der Waals surface area (Å²) in [5, 5.41) is 17.1. The predicted octanol–water partition coefficient (Wildman–Crippen LogP) is 0.546. The van der Waals surface area contributed by atoms with E-state index in [2.05, 4.69) is 4.72 Å². The lowest BCUT2D eigenvalue weighted by molar-refractivity contribution is -0.137. The van der Waals surface area contributed by atoms with Gasteiger partial charge in [-0.2, -0.15) is 0 Å². The van der Waals surface area contributed by atoms with Crippen molar-refractivity contribution in [1.29, 1.82) is 0 Å². The average molecular weight is 329 g/mol. The van der Waals surface area contributed by atoms with Gasteiger partial charge in [-0.15, -0.1) is 0 Å². The third-order valence-electron chi connectivity index (χ3n) is 2.53. The highest BCUT2D eigenvalue weighted by Crippen LogP contribution is 2.25. The molecule has 22 heavy (non-hydrogen) atoms. The maximum Gasteiger partial charge on any atom is 0.328 e. The molecule has 0 unspecified atom stereocenters. The second-order valence-corrected chi connectivity index (χ2v) is 5.86. The first-order valence-electron chi connectivity index (χ1n) is 6.07. The smallest absolute Gasteiger partial charge is 0.328 e. The molecule has 0 aliphatic heterocycles. The molecule has 0 bridgehead atoms. The second-order valence-electron chi connectivity index (χ2n) is 4.12. The number of rotatable bonds is 8. The Morgan fingerprint density at radius 3 is 2.55 bits per heavy atom. The molecule has 0 heterocycles. The van der Waals surface area contributed by atoms with Crippen LogP contribution in [0.5, 0.6) is 5.75 Å². The summed E-state index contributed by atoms with van der Waals surface area (Å²) in [4.78, 5) is 20.7. The number of hydrogen-bond donors (Lipinski definition) is 3. The number of methoxy groups -OCH3 is 1. The number of carboxylic acids is 2. The Morgan fingerprint density at radius 1 is 1.32 bits per heavy atom. The Bertz CT molecular complexity index is 694. The van der Waals surface area contributed by atoms with E-state index in [0.29, 0.717) is 5.56 Å². The van der Waals surface area contributed by atoms with Gasteiger partial charge in [-0.25, -0.2) is 17.9 Å². The maximum atomic E-state index is 12.2. The van der Waals surface area contributed by atoms with Crippen LogP contribution >= 0.6 is 0 Å². The van der Waals surface area contributed by atoms with E-state index < -0.39 is 22.0 Å². The van der Waals surface area contributed by atoms with Crippen LogP contribution in [-0.2, 0) is 19.6 Å². The Kier molecular flexibility index (Phi) is 6.08. The number of benzene rings is 1. The van der Waals surface area contributed by atoms with E-state index in [0.717, 1.165) is 6.08 Å². The molecule has 0 amide bonds. The summed E-state index contributed by atoms with van der Waals surface area (Å²) >= 11 is 0. The van der Waals surface area contributed by atoms with E-state index in [1.807, 2.05) is 0 Å². The molecule has 1 aromatic carbocycles. The molecule has 0 radical (unpaired) electrons. The lowest BCUT2D eigenvalue weighted by Crippen LogP contribution is -2.26. The highest BCUT2D eigenvalue weighted by molar-refractivity contribution is 7.89. The van der Waals surface area contributed by atoms with Crippen LogP contribution in [0.15, 0.2) is 29.2 Å². The normalized spacial score (nSPS) is 11.5. The van der Waals surface area contributed by atoms with Crippen LogP contribution in [0.25, 0.3) is 6.08 Å². The summed E-state index contributed by atoms with van der Waals surface area (Å²) in [6.07, 6.45) is 1.74. The summed E-state index contributed by atoms with van der Waals surface area (Å²) in [5.41, 5.74) is 0.349. The number of aliphatic carboxylic acids is 2. The van der Waals surface area contributed by atoms with E-state index in [4.69, 9.17) is 14.9 Å². The summed E-state index contributed by atoms with van der Waals surface area (Å²) in [7, 11) is -2.69. The minimum atomic E-state index is -3.98. The van der Waals surface area contributed by atoms with Crippen LogP contribution in [0.3, 0.4) is 0 Å². The molecule has 3 N–H and O–H groups in total. The van der Waals surface area contributed by atoms with Gasteiger partial charge in [0.2, 0.25) is 10.0 Å². The number of ether oxygens (including phenoxy) is 1. The van der Waals surface area contributed by atoms with Crippen molar-refractivity contribution >= 4 is 28.0 Å². The van der Waals surface area contributed by atoms with Crippen molar-refractivity contribution in [2.45, 2.75) is 11.3 Å². The summed E-state index contributed by atoms with van der Waals surface area (Å²) in [5.74, 6) is -2.23. The molecule has 120 valence electrons. The second kappa shape index (κ2) is 7.57. The minimum Gasteiger partial charge on any atom is -0.495 e. The molecular weight excluding hydrogens is 314 g/mol. The van der Waals surface area contributed by atoms with E-state index in [9.17, 15) is 18.0 Å². The number of nitrogens with one attached hydrogen (secondary N) is 1. The van der Waals surface area contributed by atoms with Gasteiger partial charge in [-0.1, -0.05) is 6.07 Å². The SMILES string of the molecule is COc1ccc(/C=C/C(=O)O)cc1S(=O)(=O)NCCC(=O)O. The molecule has 0 saturated carbocycles. The van der Waals surface area contributed by atoms with Crippen molar-refractivity contribution in [2.75, 3.05) is 13.7 Å². The molecule has 9 heteroatoms. The van der Waals surface area contributed by atoms with Crippen molar-refractivity contribution in [3.63, 3.8) is 0 Å². The lowest BCUT2D eigenvalue weighted by Gasteiger charge is -2.11. The molecule has 1 rings (SSSR count). The van der Waals surface area contributed by atoms with E-state index >= 15 is 0 Å². The number of carbonyl (C=O) groups is 2. The van der Waals surface area contributed by atoms with Crippen LogP contribution in [0.1, 0.15) is 12.0 Å². The molecule has 0 saturated heterocycles. The molecule has 0 aliphatic rings. The zero-order valence-electron chi connectivity index (χ0n) is 11.6. The molecule has 0 spiro atoms. The number of hydrogen-bond acceptors (Lipinski definition) is 5. The van der Waals surface area contributed by atoms with Crippen LogP contribution in [-0.4, -0.2) is 44.2 Å². The molecule has 1 aromatic rings. The zero-order valence-corrected chi connectivity index (χ0v) is 12.5. The highest BCUT2D eigenvalue weighted by Gasteiger charge is 2.19. The maximum absolute atomic E-state index is 12.2. The number of carboxylic acid groups (broad SMARTS) is 2. The van der Waals surface area contributed by atoms with Gasteiger partial charge >= 0.3 is 11.9 Å². The van der Waals surface area contributed by atoms with Gasteiger partial charge in [-0.05, 0) is 23.8 Å². The minimum absolute atomic E-state index is 0.0651. The van der Waals surface area contributed by atoms with Gasteiger partial charge in [0.05, 0.1) is 13.5 Å². The van der Waals surface area contributed by atoms with Gasteiger partial charge in [0.1, 0.15) is 10.6 Å². The fourth-order valence-electron chi connectivity index (χ4n) is 1.54. The van der Waals surface area contributed by atoms with Crippen molar-refractivity contribution < 1.29 is 33.0 Å². The van der Waals surface area contributed by atoms with Crippen molar-refractivity contribution in [1.82, 2.24) is 4.72 Å². The standard InChI is InChI=1S/C13H15NO7S/c1-21-10-4-2-9(3-5-12(15)16)8-11(10)22(19,20)14-7-6-13(17)18/h2-5,8,14H,6-7H2,1H3,(H,15,16)(H,17,18)/b5-3+. The largest absolute Gasteiger partial charge is 0.495 e. The van der Waals surface area contributed by atoms with Crippen LogP contribution in [0.4, 0.5) is 0 Å². The summed E-state index contributed by atoms with van der Waals surface area (Å²) in [6.45, 7) is -0.268. The Labute approximate surface area is 127 Å². The highest BCUT2D eigenvalue weighted by atomic mass is 32.2. The van der Waals surface area contributed by atoms with Gasteiger partial charge in [0, 0.05) is 12.6 Å². The first-order chi connectivity index (χ1) is 10.3. The summed E-state index contributed by atoms with van der Waals surface area (Å²) < 4.78 is 31.4. The first kappa shape index (κ1) is 17.7. The number of sulfonamides is 1. The third-order valence-corrected chi connectivity index (χ3v) is 4.01.